The Labute approximate surface area is 144 Å². The zero-order valence-electron chi connectivity index (χ0n) is 13.4. The second-order valence-electron chi connectivity index (χ2n) is 5.27. The second kappa shape index (κ2) is 8.54. The van der Waals surface area contributed by atoms with Crippen LogP contribution in [0.2, 0.25) is 0 Å². The molecule has 0 atom stereocenters. The number of benzene rings is 2. The molecule has 0 bridgehead atoms. The average molecular weight is 351 g/mol. The fraction of sp³-hybridized carbons (Fsp3) is 0.235. The van der Waals surface area contributed by atoms with Crippen LogP contribution in [0.4, 0.5) is 25.0 Å². The van der Waals surface area contributed by atoms with E-state index in [4.69, 9.17) is 0 Å². The van der Waals surface area contributed by atoms with E-state index in [1.54, 1.807) is 24.3 Å². The molecule has 2 aromatic rings. The second-order valence-corrected chi connectivity index (χ2v) is 6.33. The van der Waals surface area contributed by atoms with Crippen molar-refractivity contribution < 1.29 is 13.6 Å². The predicted octanol–water partition coefficient (Wildman–Crippen LogP) is 4.39. The van der Waals surface area contributed by atoms with Gasteiger partial charge in [0.15, 0.2) is 0 Å². The number of anilines is 2. The van der Waals surface area contributed by atoms with Crippen LogP contribution in [0.15, 0.2) is 53.4 Å². The van der Waals surface area contributed by atoms with Gasteiger partial charge in [0.05, 0.1) is 0 Å². The molecule has 0 aromatic heterocycles. The topological polar surface area (TPSA) is 44.4 Å². The molecule has 0 heterocycles. The van der Waals surface area contributed by atoms with Gasteiger partial charge in [0.25, 0.3) is 5.76 Å². The zero-order chi connectivity index (χ0) is 17.5. The molecule has 0 fully saturated rings. The van der Waals surface area contributed by atoms with Crippen molar-refractivity contribution in [1.29, 1.82) is 0 Å². The SMILES string of the molecule is CN(C)c1ccc(CNC(=O)Nc2ccc(SC(F)F)cc2)cc1. The molecule has 2 aromatic carbocycles. The van der Waals surface area contributed by atoms with E-state index in [1.165, 1.54) is 0 Å². The molecule has 0 saturated heterocycles. The minimum atomic E-state index is -2.45. The third-order valence-corrected chi connectivity index (χ3v) is 3.97. The van der Waals surface area contributed by atoms with Gasteiger partial charge in [-0.1, -0.05) is 23.9 Å². The number of carbonyl (C=O) groups excluding carboxylic acids is 1. The van der Waals surface area contributed by atoms with Crippen LogP contribution in [0.3, 0.4) is 0 Å². The molecule has 2 amide bonds. The number of carbonyl (C=O) groups is 1. The Balaban J connectivity index is 1.82. The normalized spacial score (nSPS) is 10.5. The summed E-state index contributed by atoms with van der Waals surface area (Å²) in [6.07, 6.45) is 0. The Bertz CT molecular complexity index is 661. The van der Waals surface area contributed by atoms with Crippen LogP contribution in [0.1, 0.15) is 5.56 Å². The van der Waals surface area contributed by atoms with Gasteiger partial charge in [0, 0.05) is 36.9 Å². The van der Waals surface area contributed by atoms with E-state index in [0.717, 1.165) is 11.3 Å². The van der Waals surface area contributed by atoms with Crippen molar-refractivity contribution in [3.05, 3.63) is 54.1 Å². The Morgan fingerprint density at radius 2 is 1.71 bits per heavy atom. The minimum absolute atomic E-state index is 0.346. The van der Waals surface area contributed by atoms with Crippen molar-refractivity contribution in [3.63, 3.8) is 0 Å². The first-order valence-electron chi connectivity index (χ1n) is 7.30. The standard InChI is InChI=1S/C17H19F2N3OS/c1-22(2)14-7-3-12(4-8-14)11-20-17(23)21-13-5-9-15(10-6-13)24-16(18)19/h3-10,16H,11H2,1-2H3,(H2,20,21,23). The molecule has 7 heteroatoms. The number of alkyl halides is 2. The molecule has 4 nitrogen and oxygen atoms in total. The molecule has 2 N–H and O–H groups in total. The van der Waals surface area contributed by atoms with Crippen LogP contribution in [0.25, 0.3) is 0 Å². The van der Waals surface area contributed by atoms with E-state index in [9.17, 15) is 13.6 Å². The molecule has 0 unspecified atom stereocenters. The number of amides is 2. The van der Waals surface area contributed by atoms with Crippen molar-refractivity contribution in [2.24, 2.45) is 0 Å². The van der Waals surface area contributed by atoms with Crippen molar-refractivity contribution >= 4 is 29.2 Å². The Morgan fingerprint density at radius 1 is 1.08 bits per heavy atom. The zero-order valence-corrected chi connectivity index (χ0v) is 14.2. The molecular weight excluding hydrogens is 332 g/mol. The fourth-order valence-corrected chi connectivity index (χ4v) is 2.49. The van der Waals surface area contributed by atoms with Gasteiger partial charge in [-0.05, 0) is 42.0 Å². The number of rotatable bonds is 6. The lowest BCUT2D eigenvalue weighted by atomic mass is 10.2. The summed E-state index contributed by atoms with van der Waals surface area (Å²) < 4.78 is 24.5. The number of halogens is 2. The average Bonchev–Trinajstić information content (AvgIpc) is 2.54. The van der Waals surface area contributed by atoms with Gasteiger partial charge in [-0.2, -0.15) is 8.78 Å². The van der Waals surface area contributed by atoms with Crippen LogP contribution in [0.5, 0.6) is 0 Å². The van der Waals surface area contributed by atoms with Gasteiger partial charge < -0.3 is 15.5 Å². The molecule has 0 aliphatic carbocycles. The van der Waals surface area contributed by atoms with Crippen molar-refractivity contribution in [2.75, 3.05) is 24.3 Å². The van der Waals surface area contributed by atoms with E-state index >= 15 is 0 Å². The molecule has 128 valence electrons. The lowest BCUT2D eigenvalue weighted by Gasteiger charge is -2.13. The number of nitrogens with zero attached hydrogens (tertiary/aromatic N) is 1. The Morgan fingerprint density at radius 3 is 2.25 bits per heavy atom. The highest BCUT2D eigenvalue weighted by Gasteiger charge is 2.06. The van der Waals surface area contributed by atoms with Crippen molar-refractivity contribution in [1.82, 2.24) is 5.32 Å². The number of nitrogens with one attached hydrogen (secondary N) is 2. The summed E-state index contributed by atoms with van der Waals surface area (Å²) in [4.78, 5) is 14.3. The van der Waals surface area contributed by atoms with E-state index in [2.05, 4.69) is 10.6 Å². The van der Waals surface area contributed by atoms with E-state index in [0.29, 0.717) is 28.9 Å². The monoisotopic (exact) mass is 351 g/mol. The summed E-state index contributed by atoms with van der Waals surface area (Å²) in [5, 5.41) is 5.42. The van der Waals surface area contributed by atoms with Gasteiger partial charge >= 0.3 is 6.03 Å². The lowest BCUT2D eigenvalue weighted by molar-refractivity contribution is 0.251. The van der Waals surface area contributed by atoms with Crippen LogP contribution in [-0.4, -0.2) is 25.9 Å². The summed E-state index contributed by atoms with van der Waals surface area (Å²) in [7, 11) is 3.93. The first kappa shape index (κ1) is 18.1. The first-order chi connectivity index (χ1) is 11.4. The van der Waals surface area contributed by atoms with Crippen LogP contribution in [0, 0.1) is 0 Å². The van der Waals surface area contributed by atoms with Crippen LogP contribution < -0.4 is 15.5 Å². The summed E-state index contributed by atoms with van der Waals surface area (Å²) in [6.45, 7) is 0.402. The fourth-order valence-electron chi connectivity index (χ4n) is 1.99. The maximum absolute atomic E-state index is 12.2. The quantitative estimate of drug-likeness (QED) is 0.759. The highest BCUT2D eigenvalue weighted by atomic mass is 32.2. The largest absolute Gasteiger partial charge is 0.378 e. The highest BCUT2D eigenvalue weighted by Crippen LogP contribution is 2.26. The summed E-state index contributed by atoms with van der Waals surface area (Å²) in [6, 6.07) is 13.8. The molecule has 24 heavy (non-hydrogen) atoms. The predicted molar refractivity (Wildman–Crippen MR) is 94.9 cm³/mol. The highest BCUT2D eigenvalue weighted by molar-refractivity contribution is 7.99. The van der Waals surface area contributed by atoms with Gasteiger partial charge in [0.1, 0.15) is 0 Å². The molecule has 2 rings (SSSR count). The number of hydrogen-bond acceptors (Lipinski definition) is 3. The van der Waals surface area contributed by atoms with Gasteiger partial charge in [-0.25, -0.2) is 4.79 Å². The summed E-state index contributed by atoms with van der Waals surface area (Å²) in [5.74, 6) is -2.45. The van der Waals surface area contributed by atoms with Gasteiger partial charge in [0.2, 0.25) is 0 Å². The van der Waals surface area contributed by atoms with E-state index in [1.807, 2.05) is 43.3 Å². The molecule has 0 radical (unpaired) electrons. The smallest absolute Gasteiger partial charge is 0.319 e. The molecule has 0 saturated carbocycles. The number of urea groups is 1. The van der Waals surface area contributed by atoms with Crippen LogP contribution >= 0.6 is 11.8 Å². The minimum Gasteiger partial charge on any atom is -0.378 e. The molecule has 0 aliphatic rings. The van der Waals surface area contributed by atoms with E-state index < -0.39 is 5.76 Å². The Kier molecular flexibility index (Phi) is 6.43. The molecule has 0 aliphatic heterocycles. The number of hydrogen-bond donors (Lipinski definition) is 2. The lowest BCUT2D eigenvalue weighted by Crippen LogP contribution is -2.28. The molecular formula is C17H19F2N3OS. The third kappa shape index (κ3) is 5.73. The van der Waals surface area contributed by atoms with Crippen molar-refractivity contribution in [2.45, 2.75) is 17.2 Å². The van der Waals surface area contributed by atoms with E-state index in [-0.39, 0.29) is 6.03 Å². The summed E-state index contributed by atoms with van der Waals surface area (Å²) in [5.41, 5.74) is 2.62. The van der Waals surface area contributed by atoms with Crippen LogP contribution in [-0.2, 0) is 6.54 Å². The van der Waals surface area contributed by atoms with Crippen molar-refractivity contribution in [3.8, 4) is 0 Å². The maximum Gasteiger partial charge on any atom is 0.319 e. The summed E-state index contributed by atoms with van der Waals surface area (Å²) >= 11 is 0.472. The first-order valence-corrected chi connectivity index (χ1v) is 8.18. The maximum atomic E-state index is 12.2. The van der Waals surface area contributed by atoms with Gasteiger partial charge in [-0.3, -0.25) is 0 Å². The molecule has 0 spiro atoms. The van der Waals surface area contributed by atoms with Gasteiger partial charge in [-0.15, -0.1) is 0 Å². The third-order valence-electron chi connectivity index (χ3n) is 3.24. The Hall–Kier alpha value is -2.28. The number of thioether (sulfide) groups is 1.